The topological polar surface area (TPSA) is 514 Å². The summed E-state index contributed by atoms with van der Waals surface area (Å²) in [6.45, 7) is 4.81. The lowest BCUT2D eigenvalue weighted by Gasteiger charge is -2.42. The lowest BCUT2D eigenvalue weighted by atomic mass is 9.79. The minimum Gasteiger partial charge on any atom is -0.396 e. The second-order valence-electron chi connectivity index (χ2n) is 30.2. The fourth-order valence-corrected chi connectivity index (χ4v) is 14.8. The number of Topliss-reactive ketones (excluding diaryl/α,β-unsaturated/α-hetero) is 3. The van der Waals surface area contributed by atoms with E-state index in [4.69, 9.17) is 18.7 Å². The number of unbranched alkanes of at least 4 members (excludes halogenated alkanes) is 12. The Balaban J connectivity index is 1.46. The van der Waals surface area contributed by atoms with Crippen LogP contribution in [0.25, 0.3) is 0 Å². The average molecular weight is 1590 g/mol. The second-order valence-corrected chi connectivity index (χ2v) is 32.1. The summed E-state index contributed by atoms with van der Waals surface area (Å²) >= 11 is 0. The first-order chi connectivity index (χ1) is 52.4. The molecule has 34 heteroatoms. The van der Waals surface area contributed by atoms with Gasteiger partial charge >= 0.3 is 7.60 Å². The third-order valence-corrected chi connectivity index (χ3v) is 21.3. The molecule has 0 spiro atoms. The van der Waals surface area contributed by atoms with Crippen LogP contribution in [-0.2, 0) is 71.2 Å². The molecule has 16 N–H and O–H groups in total. The van der Waals surface area contributed by atoms with Crippen molar-refractivity contribution in [1.82, 2.24) is 36.4 Å². The monoisotopic (exact) mass is 1590 g/mol. The predicted molar refractivity (Wildman–Crippen MR) is 404 cm³/mol. The Hall–Kier alpha value is -5.07. The molecule has 17 atom stereocenters. The number of nitrogens with one attached hydrogen (secondary N) is 5. The van der Waals surface area contributed by atoms with Crippen LogP contribution in [0.5, 0.6) is 0 Å². The highest BCUT2D eigenvalue weighted by Crippen LogP contribution is 2.37. The van der Waals surface area contributed by atoms with E-state index < -0.39 is 129 Å². The Morgan fingerprint density at radius 3 is 1.01 bits per heavy atom. The minimum absolute atomic E-state index is 0.0546. The van der Waals surface area contributed by atoms with E-state index in [0.29, 0.717) is 141 Å². The van der Waals surface area contributed by atoms with Gasteiger partial charge in [-0.3, -0.25) is 52.5 Å². The third-order valence-electron chi connectivity index (χ3n) is 20.7. The van der Waals surface area contributed by atoms with Crippen LogP contribution in [0.3, 0.4) is 0 Å². The number of amides is 7. The molecule has 8 unspecified atom stereocenters. The summed E-state index contributed by atoms with van der Waals surface area (Å²) < 4.78 is 34.7. The molecule has 0 aromatic carbocycles. The van der Waals surface area contributed by atoms with Crippen molar-refractivity contribution in [2.24, 2.45) is 17.8 Å². The minimum atomic E-state index is -4.07. The van der Waals surface area contributed by atoms with E-state index in [2.05, 4.69) is 26.6 Å². The smallest absolute Gasteiger partial charge is 0.325 e. The number of ketones is 3. The number of carbonyl (C=O) groups is 10. The van der Waals surface area contributed by atoms with Gasteiger partial charge in [-0.1, -0.05) is 38.5 Å². The van der Waals surface area contributed by atoms with Crippen LogP contribution in [0.15, 0.2) is 0 Å². The summed E-state index contributed by atoms with van der Waals surface area (Å²) in [6.07, 6.45) is 4.52. The van der Waals surface area contributed by atoms with E-state index in [1.54, 1.807) is 4.90 Å². The van der Waals surface area contributed by atoms with Crippen LogP contribution in [0.1, 0.15) is 233 Å². The molecule has 0 heterocycles. The summed E-state index contributed by atoms with van der Waals surface area (Å²) in [5, 5.41) is 116. The molecular weight excluding hydrogens is 1460 g/mol. The van der Waals surface area contributed by atoms with Crippen LogP contribution in [0.4, 0.5) is 0 Å². The maximum atomic E-state index is 14.0. The van der Waals surface area contributed by atoms with Gasteiger partial charge in [0, 0.05) is 182 Å². The summed E-state index contributed by atoms with van der Waals surface area (Å²) in [4.78, 5) is 140. The summed E-state index contributed by atoms with van der Waals surface area (Å²) in [7, 11) is -4.07. The molecule has 3 fully saturated rings. The lowest BCUT2D eigenvalue weighted by molar-refractivity contribution is -0.142. The fraction of sp³-hybridized carbons (Fsp3) is 0.868. The number of ether oxygens (including phenoxy) is 3. The zero-order valence-electron chi connectivity index (χ0n) is 65.6. The molecule has 0 aliphatic heterocycles. The quantitative estimate of drug-likeness (QED) is 0.0302. The van der Waals surface area contributed by atoms with Gasteiger partial charge < -0.3 is 111 Å². The maximum Gasteiger partial charge on any atom is 0.325 e. The highest BCUT2D eigenvalue weighted by atomic mass is 31.2. The average Bonchev–Trinajstić information content (AvgIpc) is 0.820. The zero-order chi connectivity index (χ0) is 81.6. The molecule has 0 aromatic heterocycles. The molecule has 636 valence electrons. The molecule has 110 heavy (non-hydrogen) atoms. The van der Waals surface area contributed by atoms with Gasteiger partial charge in [0.15, 0.2) is 6.10 Å². The van der Waals surface area contributed by atoms with E-state index in [9.17, 15) is 108 Å². The molecule has 0 radical (unpaired) electrons. The van der Waals surface area contributed by atoms with Crippen molar-refractivity contribution in [2.45, 2.75) is 312 Å². The van der Waals surface area contributed by atoms with Gasteiger partial charge in [-0.25, -0.2) is 0 Å². The standard InChI is InChI=1S/C76H136N7O26P/c1-51(87)79-67-61(44-54(47-84)70(97)73(67)100)106-41-20-17-29-57(90)26-11-5-8-14-32-64(94)77-35-23-37-82(66(96)34-16-10-7-13-28-59(92)31-19-22-43-108-63-46-56(49-86)72(99)75(102)69(63)81-53(3)89)39-25-40-83(76(103)60(93)50-109-110(4,104)105)38-24-36-78-65(95)33-15-9-6-12-27-58(91)30-18-21-42-107-62-45-55(48-85)71(98)74(101)68(62)80-52(2)88/h54-56,60-63,67-75,84-86,93,97-102H,5-50H2,1-4H3,(H,77,94)(H,78,95)(H,79,87)(H,80,88)(H,81,89)(H,104,105)/t54?,55?,56?,60?,61-,62-,63-,67-,68-,69-,70+,71+,72+,73?,74?,75?/m1/s1. The highest BCUT2D eigenvalue weighted by Gasteiger charge is 2.47. The van der Waals surface area contributed by atoms with E-state index in [-0.39, 0.29) is 171 Å². The van der Waals surface area contributed by atoms with Crippen LogP contribution in [0.2, 0.25) is 0 Å². The molecule has 3 aliphatic rings. The Bertz CT molecular complexity index is 2760. The molecule has 3 aliphatic carbocycles. The maximum absolute atomic E-state index is 14.0. The number of hydrogen-bond acceptors (Lipinski definition) is 25. The van der Waals surface area contributed by atoms with Gasteiger partial charge in [-0.15, -0.1) is 0 Å². The largest absolute Gasteiger partial charge is 0.396 e. The molecule has 0 saturated heterocycles. The van der Waals surface area contributed by atoms with Gasteiger partial charge in [0.25, 0.3) is 5.91 Å². The van der Waals surface area contributed by atoms with Crippen molar-refractivity contribution in [1.29, 1.82) is 0 Å². The fourth-order valence-electron chi connectivity index (χ4n) is 14.4. The molecule has 7 amide bonds. The first-order valence-electron chi connectivity index (χ1n) is 40.3. The molecular formula is C76H136N7O26P. The predicted octanol–water partition coefficient (Wildman–Crippen LogP) is 1.35. The van der Waals surface area contributed by atoms with Crippen LogP contribution < -0.4 is 26.6 Å². The van der Waals surface area contributed by atoms with Crippen LogP contribution in [-0.4, -0.2) is 296 Å². The molecule has 3 rings (SSSR count). The number of aliphatic hydroxyl groups is 10. The normalized spacial score (nSPS) is 24.8. The summed E-state index contributed by atoms with van der Waals surface area (Å²) in [5.74, 6) is -4.06. The first kappa shape index (κ1) is 99.1. The number of aliphatic hydroxyl groups excluding tert-OH is 10. The second kappa shape index (κ2) is 56.2. The number of nitrogens with zero attached hydrogens (tertiary/aromatic N) is 2. The number of carbonyl (C=O) groups excluding carboxylic acids is 10. The van der Waals surface area contributed by atoms with Gasteiger partial charge in [0.1, 0.15) is 35.7 Å². The van der Waals surface area contributed by atoms with Gasteiger partial charge in [0.2, 0.25) is 35.4 Å². The third kappa shape index (κ3) is 40.8. The molecule has 0 aromatic rings. The van der Waals surface area contributed by atoms with E-state index >= 15 is 0 Å². The SMILES string of the molecule is CC(=O)N[C@H]1C(O)[C@@H](O)C(CO)C[C@H]1OCCCCC(=O)CCCCCCC(=O)NCCCN(CCCN(CCCNC(=O)CCCCCCC(=O)CCCCO[C@@H]1CC(CO)[C@H](O)C(O)[C@@H]1NC(C)=O)C(=O)C(O)COP(C)(=O)O)C(=O)CCCCCCC(=O)CCCCO[C@@H]1CC(CO)[C@H](O)C(O)[C@@H]1NC(C)=O. The summed E-state index contributed by atoms with van der Waals surface area (Å²) in [5.41, 5.74) is 0. The highest BCUT2D eigenvalue weighted by molar-refractivity contribution is 7.51. The van der Waals surface area contributed by atoms with Gasteiger partial charge in [-0.05, 0) is 116 Å². The van der Waals surface area contributed by atoms with Crippen molar-refractivity contribution in [3.8, 4) is 0 Å². The van der Waals surface area contributed by atoms with E-state index in [1.807, 2.05) is 0 Å². The van der Waals surface area contributed by atoms with Crippen molar-refractivity contribution in [3.63, 3.8) is 0 Å². The molecule has 33 nitrogen and oxygen atoms in total. The van der Waals surface area contributed by atoms with E-state index in [1.165, 1.54) is 25.7 Å². The van der Waals surface area contributed by atoms with E-state index in [0.717, 1.165) is 25.9 Å². The zero-order valence-corrected chi connectivity index (χ0v) is 66.5. The summed E-state index contributed by atoms with van der Waals surface area (Å²) in [6, 6.07) is -2.53. The van der Waals surface area contributed by atoms with Crippen LogP contribution in [0, 0.1) is 17.8 Å². The number of rotatable bonds is 61. The first-order valence-corrected chi connectivity index (χ1v) is 42.3. The van der Waals surface area contributed by atoms with Gasteiger partial charge in [0.05, 0.1) is 61.4 Å². The lowest BCUT2D eigenvalue weighted by Crippen LogP contribution is -2.61. The van der Waals surface area contributed by atoms with Gasteiger partial charge in [-0.2, -0.15) is 0 Å². The Morgan fingerprint density at radius 2 is 0.691 bits per heavy atom. The number of hydrogen-bond donors (Lipinski definition) is 16. The Kier molecular flexibility index (Phi) is 50.7. The Morgan fingerprint density at radius 1 is 0.400 bits per heavy atom. The van der Waals surface area contributed by atoms with Crippen molar-refractivity contribution < 1.29 is 127 Å². The van der Waals surface area contributed by atoms with Crippen molar-refractivity contribution in [2.75, 3.05) is 92.2 Å². The van der Waals surface area contributed by atoms with Crippen molar-refractivity contribution in [3.05, 3.63) is 0 Å². The van der Waals surface area contributed by atoms with Crippen molar-refractivity contribution >= 4 is 66.3 Å². The molecule has 0 bridgehead atoms. The van der Waals surface area contributed by atoms with Crippen LogP contribution >= 0.6 is 7.60 Å². The Labute approximate surface area is 649 Å². The molecule has 3 saturated carbocycles.